The highest BCUT2D eigenvalue weighted by Gasteiger charge is 2.29. The van der Waals surface area contributed by atoms with Gasteiger partial charge in [0.05, 0.1) is 26.9 Å². The van der Waals surface area contributed by atoms with E-state index in [0.717, 1.165) is 11.8 Å². The van der Waals surface area contributed by atoms with Crippen LogP contribution in [0.5, 0.6) is 0 Å². The molecule has 0 fully saturated rings. The molecule has 0 aliphatic carbocycles. The van der Waals surface area contributed by atoms with Gasteiger partial charge in [0, 0.05) is 12.0 Å². The largest absolute Gasteiger partial charge is 0.466 e. The number of carbonyl (C=O) groups is 3. The van der Waals surface area contributed by atoms with E-state index in [-0.39, 0.29) is 22.5 Å². The van der Waals surface area contributed by atoms with Crippen LogP contribution in [0.15, 0.2) is 21.5 Å². The summed E-state index contributed by atoms with van der Waals surface area (Å²) in [5.74, 6) is -1.86. The van der Waals surface area contributed by atoms with Crippen LogP contribution in [0.4, 0.5) is 0 Å². The van der Waals surface area contributed by atoms with E-state index >= 15 is 0 Å². The van der Waals surface area contributed by atoms with Gasteiger partial charge in [-0.15, -0.1) is 0 Å². The molecule has 0 N–H and O–H groups in total. The molecular formula is C11H12O6S. The smallest absolute Gasteiger partial charge is 0.345 e. The average molecular weight is 272 g/mol. The van der Waals surface area contributed by atoms with Gasteiger partial charge >= 0.3 is 17.9 Å². The minimum absolute atomic E-state index is 0.0171. The molecule has 1 heterocycles. The van der Waals surface area contributed by atoms with Crippen LogP contribution in [0.2, 0.25) is 0 Å². The topological polar surface area (TPSA) is 78.9 Å². The van der Waals surface area contributed by atoms with Crippen molar-refractivity contribution in [1.82, 2.24) is 0 Å². The molecule has 0 saturated heterocycles. The first kappa shape index (κ1) is 14.3. The molecule has 0 aromatic rings. The number of rotatable bonds is 3. The number of methoxy groups -OCH3 is 3. The Morgan fingerprint density at radius 3 is 2.06 bits per heavy atom. The van der Waals surface area contributed by atoms with Crippen molar-refractivity contribution in [1.29, 1.82) is 0 Å². The maximum atomic E-state index is 11.6. The minimum atomic E-state index is -0.669. The van der Waals surface area contributed by atoms with E-state index in [1.807, 2.05) is 0 Å². The van der Waals surface area contributed by atoms with E-state index in [4.69, 9.17) is 0 Å². The lowest BCUT2D eigenvalue weighted by Crippen LogP contribution is -2.18. The fraction of sp³-hybridized carbons (Fsp3) is 0.364. The van der Waals surface area contributed by atoms with Crippen molar-refractivity contribution in [2.24, 2.45) is 0 Å². The van der Waals surface area contributed by atoms with Crippen molar-refractivity contribution in [3.05, 3.63) is 21.5 Å². The van der Waals surface area contributed by atoms with Crippen LogP contribution in [0.3, 0.4) is 0 Å². The van der Waals surface area contributed by atoms with Crippen LogP contribution in [0.25, 0.3) is 0 Å². The van der Waals surface area contributed by atoms with E-state index in [0.29, 0.717) is 0 Å². The summed E-state index contributed by atoms with van der Waals surface area (Å²) >= 11 is 0.941. The molecule has 6 nitrogen and oxygen atoms in total. The number of hydrogen-bond acceptors (Lipinski definition) is 7. The lowest BCUT2D eigenvalue weighted by atomic mass is 10.1. The predicted octanol–water partition coefficient (Wildman–Crippen LogP) is 0.780. The Bertz CT molecular complexity index is 448. The number of esters is 3. The Hall–Kier alpha value is -1.76. The van der Waals surface area contributed by atoms with E-state index in [9.17, 15) is 14.4 Å². The normalized spacial score (nSPS) is 14.7. The van der Waals surface area contributed by atoms with Gasteiger partial charge in [0.2, 0.25) is 0 Å². The molecule has 0 aromatic carbocycles. The van der Waals surface area contributed by atoms with Crippen LogP contribution in [0, 0.1) is 0 Å². The average Bonchev–Trinajstić information content (AvgIpc) is 2.43. The predicted molar refractivity (Wildman–Crippen MR) is 63.4 cm³/mol. The standard InChI is InChI=1S/C11H12O6S/c1-15-9(12)6-4-7(10(13)16-2)8(18-5-6)11(14)17-3/h5H,4H2,1-3H3. The van der Waals surface area contributed by atoms with E-state index < -0.39 is 17.9 Å². The molecule has 0 saturated carbocycles. The lowest BCUT2D eigenvalue weighted by Gasteiger charge is -2.16. The summed E-state index contributed by atoms with van der Waals surface area (Å²) in [4.78, 5) is 34.6. The maximum absolute atomic E-state index is 11.6. The summed E-state index contributed by atoms with van der Waals surface area (Å²) in [6, 6.07) is 0. The zero-order valence-corrected chi connectivity index (χ0v) is 11.0. The van der Waals surface area contributed by atoms with Gasteiger partial charge in [-0.05, 0) is 5.41 Å². The number of hydrogen-bond donors (Lipinski definition) is 0. The highest BCUT2D eigenvalue weighted by molar-refractivity contribution is 8.06. The van der Waals surface area contributed by atoms with Crippen molar-refractivity contribution in [2.75, 3.05) is 21.3 Å². The zero-order chi connectivity index (χ0) is 13.7. The molecule has 0 aromatic heterocycles. The third kappa shape index (κ3) is 2.92. The van der Waals surface area contributed by atoms with Gasteiger partial charge in [-0.2, -0.15) is 0 Å². The monoisotopic (exact) mass is 272 g/mol. The second kappa shape index (κ2) is 6.25. The molecule has 0 bridgehead atoms. The molecule has 7 heteroatoms. The van der Waals surface area contributed by atoms with Gasteiger partial charge < -0.3 is 14.2 Å². The van der Waals surface area contributed by atoms with Crippen LogP contribution in [-0.4, -0.2) is 39.2 Å². The summed E-state index contributed by atoms with van der Waals surface area (Å²) < 4.78 is 13.7. The molecule has 1 rings (SSSR count). The first-order valence-electron chi connectivity index (χ1n) is 4.89. The fourth-order valence-electron chi connectivity index (χ4n) is 1.32. The quantitative estimate of drug-likeness (QED) is 0.555. The van der Waals surface area contributed by atoms with E-state index in [1.54, 1.807) is 0 Å². The van der Waals surface area contributed by atoms with Gasteiger partial charge in [-0.1, -0.05) is 11.8 Å². The van der Waals surface area contributed by atoms with Gasteiger partial charge in [-0.3, -0.25) is 0 Å². The fourth-order valence-corrected chi connectivity index (χ4v) is 2.23. The van der Waals surface area contributed by atoms with E-state index in [2.05, 4.69) is 14.2 Å². The first-order valence-corrected chi connectivity index (χ1v) is 5.76. The number of carbonyl (C=O) groups excluding carboxylic acids is 3. The highest BCUT2D eigenvalue weighted by Crippen LogP contribution is 2.34. The Morgan fingerprint density at radius 2 is 1.56 bits per heavy atom. The van der Waals surface area contributed by atoms with Gasteiger partial charge in [0.25, 0.3) is 0 Å². The summed E-state index contributed by atoms with van der Waals surface area (Å²) in [5.41, 5.74) is 0.382. The molecule has 0 unspecified atom stereocenters. The molecule has 18 heavy (non-hydrogen) atoms. The Kier molecular flexibility index (Phi) is 4.96. The molecule has 0 amide bonds. The third-order valence-corrected chi connectivity index (χ3v) is 3.26. The number of thioether (sulfide) groups is 1. The third-order valence-electron chi connectivity index (χ3n) is 2.21. The summed E-state index contributed by atoms with van der Waals surface area (Å²) in [6.07, 6.45) is -0.0171. The second-order valence-corrected chi connectivity index (χ2v) is 4.10. The van der Waals surface area contributed by atoms with Crippen molar-refractivity contribution in [3.8, 4) is 0 Å². The molecule has 0 radical (unpaired) electrons. The number of ether oxygens (including phenoxy) is 3. The molecule has 0 spiro atoms. The van der Waals surface area contributed by atoms with Crippen LogP contribution in [-0.2, 0) is 28.6 Å². The van der Waals surface area contributed by atoms with Crippen molar-refractivity contribution in [3.63, 3.8) is 0 Å². The van der Waals surface area contributed by atoms with Gasteiger partial charge in [0.1, 0.15) is 4.91 Å². The summed E-state index contributed by atoms with van der Waals surface area (Å²) in [6.45, 7) is 0. The SMILES string of the molecule is COC(=O)C1=CSC(C(=O)OC)=C(C(=O)OC)C1. The zero-order valence-electron chi connectivity index (χ0n) is 10.1. The molecule has 1 aliphatic rings. The van der Waals surface area contributed by atoms with Crippen LogP contribution < -0.4 is 0 Å². The van der Waals surface area contributed by atoms with Crippen LogP contribution >= 0.6 is 11.8 Å². The Balaban J connectivity index is 3.06. The molecule has 98 valence electrons. The Labute approximate surface area is 108 Å². The second-order valence-electron chi connectivity index (χ2n) is 3.22. The van der Waals surface area contributed by atoms with Crippen molar-refractivity contribution < 1.29 is 28.6 Å². The van der Waals surface area contributed by atoms with Gasteiger partial charge in [-0.25, -0.2) is 14.4 Å². The van der Waals surface area contributed by atoms with Crippen molar-refractivity contribution >= 4 is 29.7 Å². The maximum Gasteiger partial charge on any atom is 0.345 e. The molecular weight excluding hydrogens is 260 g/mol. The highest BCUT2D eigenvalue weighted by atomic mass is 32.2. The molecule has 0 atom stereocenters. The molecule has 1 aliphatic heterocycles. The first-order chi connectivity index (χ1) is 8.54. The lowest BCUT2D eigenvalue weighted by molar-refractivity contribution is -0.139. The van der Waals surface area contributed by atoms with Crippen LogP contribution in [0.1, 0.15) is 6.42 Å². The van der Waals surface area contributed by atoms with Crippen molar-refractivity contribution in [2.45, 2.75) is 6.42 Å². The Morgan fingerprint density at radius 1 is 1.00 bits per heavy atom. The van der Waals surface area contributed by atoms with Gasteiger partial charge in [0.15, 0.2) is 0 Å². The van der Waals surface area contributed by atoms with E-state index in [1.165, 1.54) is 26.7 Å². The minimum Gasteiger partial charge on any atom is -0.466 e. The summed E-state index contributed by atoms with van der Waals surface area (Å²) in [7, 11) is 3.65. The summed E-state index contributed by atoms with van der Waals surface area (Å²) in [5, 5.41) is 1.46.